The Balaban J connectivity index is 1.24. The standard InChI is InChI=1S/C30H40N4O2/c1-25-10-8-13-27(29(25)34-21-19-32(2)20-22-34)36-23-7-6-14-28(35)33-17-9-15-30(24-31,16-18-33)26-11-4-3-5-12-26/h3-5,8,10-13H,6-7,9,14-23H2,1-2H3. The molecule has 6 heteroatoms. The summed E-state index contributed by atoms with van der Waals surface area (Å²) in [7, 11) is 2.17. The fourth-order valence-electron chi connectivity index (χ4n) is 5.51. The lowest BCUT2D eigenvalue weighted by Gasteiger charge is -2.35. The van der Waals surface area contributed by atoms with Gasteiger partial charge in [0.1, 0.15) is 5.75 Å². The van der Waals surface area contributed by atoms with Crippen LogP contribution in [-0.4, -0.2) is 68.6 Å². The summed E-state index contributed by atoms with van der Waals surface area (Å²) in [5, 5.41) is 10.00. The number of amides is 1. The second-order valence-electron chi connectivity index (χ2n) is 10.3. The largest absolute Gasteiger partial charge is 0.491 e. The molecular weight excluding hydrogens is 448 g/mol. The van der Waals surface area contributed by atoms with Crippen molar-refractivity contribution >= 4 is 11.6 Å². The third-order valence-corrected chi connectivity index (χ3v) is 7.80. The fraction of sp³-hybridized carbons (Fsp3) is 0.533. The Morgan fingerprint density at radius 1 is 0.972 bits per heavy atom. The first-order valence-electron chi connectivity index (χ1n) is 13.4. The Morgan fingerprint density at radius 3 is 2.50 bits per heavy atom. The molecule has 2 fully saturated rings. The first-order valence-corrected chi connectivity index (χ1v) is 13.4. The third kappa shape index (κ3) is 6.20. The highest BCUT2D eigenvalue weighted by Crippen LogP contribution is 2.35. The van der Waals surface area contributed by atoms with Crippen LogP contribution in [0.4, 0.5) is 5.69 Å². The van der Waals surface area contributed by atoms with Crippen LogP contribution in [0.15, 0.2) is 48.5 Å². The number of hydrogen-bond donors (Lipinski definition) is 0. The van der Waals surface area contributed by atoms with Gasteiger partial charge in [0.15, 0.2) is 0 Å². The summed E-state index contributed by atoms with van der Waals surface area (Å²) in [6.45, 7) is 8.31. The molecule has 192 valence electrons. The van der Waals surface area contributed by atoms with Crippen molar-refractivity contribution in [3.63, 3.8) is 0 Å². The van der Waals surface area contributed by atoms with Crippen molar-refractivity contribution in [3.05, 3.63) is 59.7 Å². The van der Waals surface area contributed by atoms with Crippen LogP contribution in [0.25, 0.3) is 0 Å². The number of anilines is 1. The number of aryl methyl sites for hydroxylation is 1. The molecule has 1 unspecified atom stereocenters. The number of likely N-dealkylation sites (N-methyl/N-ethyl adjacent to an activating group) is 1. The molecule has 4 rings (SSSR count). The number of nitrogens with zero attached hydrogens (tertiary/aromatic N) is 4. The van der Waals surface area contributed by atoms with E-state index in [4.69, 9.17) is 4.74 Å². The number of rotatable bonds is 8. The maximum absolute atomic E-state index is 12.9. The molecule has 2 aliphatic heterocycles. The topological polar surface area (TPSA) is 59.8 Å². The second kappa shape index (κ2) is 12.3. The zero-order valence-electron chi connectivity index (χ0n) is 21.9. The first kappa shape index (κ1) is 26.0. The molecule has 2 saturated heterocycles. The van der Waals surface area contributed by atoms with Crippen molar-refractivity contribution in [2.45, 2.75) is 50.9 Å². The van der Waals surface area contributed by atoms with Crippen LogP contribution in [-0.2, 0) is 10.2 Å². The van der Waals surface area contributed by atoms with Crippen LogP contribution in [0.3, 0.4) is 0 Å². The van der Waals surface area contributed by atoms with Crippen molar-refractivity contribution < 1.29 is 9.53 Å². The number of likely N-dealkylation sites (tertiary alicyclic amines) is 1. The number of benzene rings is 2. The number of ether oxygens (including phenoxy) is 1. The van der Waals surface area contributed by atoms with Gasteiger partial charge in [-0.15, -0.1) is 0 Å². The van der Waals surface area contributed by atoms with E-state index in [1.54, 1.807) is 0 Å². The molecule has 2 aliphatic rings. The second-order valence-corrected chi connectivity index (χ2v) is 10.3. The van der Waals surface area contributed by atoms with E-state index < -0.39 is 5.41 Å². The summed E-state index contributed by atoms with van der Waals surface area (Å²) in [6.07, 6.45) is 4.56. The van der Waals surface area contributed by atoms with E-state index in [2.05, 4.69) is 48.0 Å². The van der Waals surface area contributed by atoms with Crippen molar-refractivity contribution in [3.8, 4) is 11.8 Å². The predicted octanol–water partition coefficient (Wildman–Crippen LogP) is 4.77. The van der Waals surface area contributed by atoms with Crippen LogP contribution in [0.5, 0.6) is 5.75 Å². The van der Waals surface area contributed by atoms with Gasteiger partial charge in [-0.1, -0.05) is 42.5 Å². The molecule has 0 aliphatic carbocycles. The van der Waals surface area contributed by atoms with Crippen LogP contribution in [0.2, 0.25) is 0 Å². The smallest absolute Gasteiger partial charge is 0.222 e. The Kier molecular flexibility index (Phi) is 8.88. The van der Waals surface area contributed by atoms with E-state index in [-0.39, 0.29) is 5.91 Å². The molecular formula is C30H40N4O2. The quantitative estimate of drug-likeness (QED) is 0.501. The van der Waals surface area contributed by atoms with Gasteiger partial charge in [-0.3, -0.25) is 4.79 Å². The van der Waals surface area contributed by atoms with Gasteiger partial charge in [-0.25, -0.2) is 0 Å². The maximum atomic E-state index is 12.9. The zero-order valence-corrected chi connectivity index (χ0v) is 21.9. The highest BCUT2D eigenvalue weighted by Gasteiger charge is 2.35. The average Bonchev–Trinajstić information content (AvgIpc) is 3.13. The number of unbranched alkanes of at least 4 members (excludes halogenated alkanes) is 1. The van der Waals surface area contributed by atoms with E-state index in [0.717, 1.165) is 69.7 Å². The summed E-state index contributed by atoms with van der Waals surface area (Å²) >= 11 is 0. The Hall–Kier alpha value is -3.04. The first-order chi connectivity index (χ1) is 17.5. The van der Waals surface area contributed by atoms with Crippen LogP contribution >= 0.6 is 0 Å². The van der Waals surface area contributed by atoms with Gasteiger partial charge in [0.25, 0.3) is 0 Å². The molecule has 36 heavy (non-hydrogen) atoms. The Morgan fingerprint density at radius 2 is 1.75 bits per heavy atom. The zero-order chi connectivity index (χ0) is 25.4. The molecule has 1 atom stereocenters. The Labute approximate surface area is 216 Å². The minimum Gasteiger partial charge on any atom is -0.491 e. The summed E-state index contributed by atoms with van der Waals surface area (Å²) < 4.78 is 6.22. The minimum atomic E-state index is -0.487. The van der Waals surface area contributed by atoms with Gasteiger partial charge in [0.05, 0.1) is 23.8 Å². The van der Waals surface area contributed by atoms with Gasteiger partial charge in [-0.05, 0) is 63.3 Å². The third-order valence-electron chi connectivity index (χ3n) is 7.80. The number of carbonyl (C=O) groups is 1. The summed E-state index contributed by atoms with van der Waals surface area (Å²) in [4.78, 5) is 19.7. The average molecular weight is 489 g/mol. The maximum Gasteiger partial charge on any atom is 0.222 e. The van der Waals surface area contributed by atoms with E-state index in [9.17, 15) is 10.1 Å². The lowest BCUT2D eigenvalue weighted by atomic mass is 9.76. The number of hydrogen-bond acceptors (Lipinski definition) is 5. The Bertz CT molecular complexity index is 1040. The predicted molar refractivity (Wildman–Crippen MR) is 144 cm³/mol. The number of para-hydroxylation sites is 1. The molecule has 0 bridgehead atoms. The number of piperazine rings is 1. The lowest BCUT2D eigenvalue weighted by molar-refractivity contribution is -0.131. The molecule has 0 spiro atoms. The van der Waals surface area contributed by atoms with Crippen LogP contribution < -0.4 is 9.64 Å². The molecule has 0 N–H and O–H groups in total. The molecule has 6 nitrogen and oxygen atoms in total. The summed E-state index contributed by atoms with van der Waals surface area (Å²) in [5.41, 5.74) is 3.05. The van der Waals surface area contributed by atoms with E-state index in [1.807, 2.05) is 35.2 Å². The van der Waals surface area contributed by atoms with Crippen molar-refractivity contribution in [1.29, 1.82) is 5.26 Å². The monoisotopic (exact) mass is 488 g/mol. The van der Waals surface area contributed by atoms with Crippen LogP contribution in [0.1, 0.15) is 49.7 Å². The molecule has 2 aromatic carbocycles. The van der Waals surface area contributed by atoms with Gasteiger partial charge >= 0.3 is 0 Å². The molecule has 1 amide bonds. The molecule has 0 aromatic heterocycles. The van der Waals surface area contributed by atoms with Crippen LogP contribution in [0, 0.1) is 18.3 Å². The minimum absolute atomic E-state index is 0.200. The highest BCUT2D eigenvalue weighted by atomic mass is 16.5. The molecule has 2 aromatic rings. The number of carbonyl (C=O) groups excluding carboxylic acids is 1. The van der Waals surface area contributed by atoms with Crippen molar-refractivity contribution in [1.82, 2.24) is 9.80 Å². The van der Waals surface area contributed by atoms with Gasteiger partial charge in [0.2, 0.25) is 5.91 Å². The van der Waals surface area contributed by atoms with Gasteiger partial charge in [0, 0.05) is 45.7 Å². The van der Waals surface area contributed by atoms with E-state index in [1.165, 1.54) is 11.3 Å². The van der Waals surface area contributed by atoms with Gasteiger partial charge < -0.3 is 19.4 Å². The normalized spacial score (nSPS) is 21.0. The molecule has 0 saturated carbocycles. The fourth-order valence-corrected chi connectivity index (χ4v) is 5.51. The lowest BCUT2D eigenvalue weighted by Crippen LogP contribution is -2.44. The number of nitriles is 1. The molecule has 2 heterocycles. The summed E-state index contributed by atoms with van der Waals surface area (Å²) in [6, 6.07) is 18.9. The van der Waals surface area contributed by atoms with Crippen molar-refractivity contribution in [2.75, 3.05) is 57.8 Å². The van der Waals surface area contributed by atoms with E-state index in [0.29, 0.717) is 26.0 Å². The van der Waals surface area contributed by atoms with Gasteiger partial charge in [-0.2, -0.15) is 5.26 Å². The highest BCUT2D eigenvalue weighted by molar-refractivity contribution is 5.76. The van der Waals surface area contributed by atoms with Crippen molar-refractivity contribution in [2.24, 2.45) is 0 Å². The SMILES string of the molecule is Cc1cccc(OCCCCC(=O)N2CCCC(C#N)(c3ccccc3)CC2)c1N1CCN(C)CC1. The summed E-state index contributed by atoms with van der Waals surface area (Å²) in [5.74, 6) is 1.15. The van der Waals surface area contributed by atoms with E-state index >= 15 is 0 Å². The molecule has 0 radical (unpaired) electrons.